The summed E-state index contributed by atoms with van der Waals surface area (Å²) < 4.78 is 30.1. The molecule has 0 aromatic carbocycles. The predicted octanol–water partition coefficient (Wildman–Crippen LogP) is 0.224. The standard InChI is InChI=1S/C14H16BN5O6P/c1-22-11-10-8(5-24-27(15,26-10)23-4-2-3-16)25-14(11)20-7-19-9-12(20)17-6-18-13(9)21/h6-8,10-11,14H,2,4-5H2,1H3,(H,17,18,21)/q+1/t8-,10-,11-,14-,27?/m1/s1. The van der Waals surface area contributed by atoms with E-state index in [1.54, 1.807) is 4.57 Å². The second-order valence-electron chi connectivity index (χ2n) is 5.97. The van der Waals surface area contributed by atoms with Crippen LogP contribution in [0.2, 0.25) is 0 Å². The third-order valence-electron chi connectivity index (χ3n) is 4.37. The highest BCUT2D eigenvalue weighted by atomic mass is 31.2. The lowest BCUT2D eigenvalue weighted by molar-refractivity contribution is -0.0638. The van der Waals surface area contributed by atoms with Crippen molar-refractivity contribution in [3.63, 3.8) is 0 Å². The Balaban J connectivity index is 1.60. The number of hydrogen-bond acceptors (Lipinski definition) is 9. The molecule has 11 nitrogen and oxygen atoms in total. The maximum atomic E-state index is 11.9. The van der Waals surface area contributed by atoms with Crippen LogP contribution in [0.4, 0.5) is 0 Å². The highest BCUT2D eigenvalue weighted by molar-refractivity contribution is 7.85. The van der Waals surface area contributed by atoms with Gasteiger partial charge in [0.25, 0.3) is 5.56 Å². The van der Waals surface area contributed by atoms with Crippen LogP contribution in [0.5, 0.6) is 0 Å². The van der Waals surface area contributed by atoms with Gasteiger partial charge in [0.15, 0.2) is 23.5 Å². The Morgan fingerprint density at radius 1 is 1.56 bits per heavy atom. The van der Waals surface area contributed by atoms with E-state index in [9.17, 15) is 4.79 Å². The van der Waals surface area contributed by atoms with Crippen molar-refractivity contribution in [1.29, 1.82) is 5.26 Å². The summed E-state index contributed by atoms with van der Waals surface area (Å²) in [6.45, 7) is 0.261. The van der Waals surface area contributed by atoms with Gasteiger partial charge in [-0.1, -0.05) is 0 Å². The normalized spacial score (nSPS) is 33.0. The number of fused-ring (bicyclic) bond motifs is 2. The molecule has 140 valence electrons. The van der Waals surface area contributed by atoms with E-state index in [0.717, 1.165) is 0 Å². The zero-order chi connectivity index (χ0) is 19.0. The van der Waals surface area contributed by atoms with E-state index in [1.165, 1.54) is 19.8 Å². The van der Waals surface area contributed by atoms with Gasteiger partial charge in [0, 0.05) is 7.11 Å². The molecule has 0 aliphatic carbocycles. The first-order chi connectivity index (χ1) is 13.1. The number of nitriles is 1. The van der Waals surface area contributed by atoms with E-state index >= 15 is 0 Å². The zero-order valence-electron chi connectivity index (χ0n) is 14.3. The number of rotatable bonds is 5. The molecule has 2 saturated heterocycles. The van der Waals surface area contributed by atoms with E-state index in [-0.39, 0.29) is 30.7 Å². The van der Waals surface area contributed by atoms with Gasteiger partial charge < -0.3 is 14.5 Å². The number of nitrogens with zero attached hydrogens (tertiary/aromatic N) is 4. The predicted molar refractivity (Wildman–Crippen MR) is 92.5 cm³/mol. The molecule has 2 radical (unpaired) electrons. The first-order valence-corrected chi connectivity index (χ1v) is 9.78. The van der Waals surface area contributed by atoms with Gasteiger partial charge in [-0.05, 0) is 0 Å². The van der Waals surface area contributed by atoms with E-state index in [4.69, 9.17) is 35.9 Å². The lowest BCUT2D eigenvalue weighted by Crippen LogP contribution is -2.41. The van der Waals surface area contributed by atoms with E-state index in [2.05, 4.69) is 15.0 Å². The Hall–Kier alpha value is -1.87. The number of imidazole rings is 1. The molecule has 27 heavy (non-hydrogen) atoms. The Kier molecular flexibility index (Phi) is 4.98. The molecule has 5 atom stereocenters. The molecule has 1 N–H and O–H groups in total. The fraction of sp³-hybridized carbons (Fsp3) is 0.571. The molecule has 2 aromatic rings. The van der Waals surface area contributed by atoms with Gasteiger partial charge in [-0.2, -0.15) is 18.8 Å². The summed E-state index contributed by atoms with van der Waals surface area (Å²) in [5.74, 6) is 0. The summed E-state index contributed by atoms with van der Waals surface area (Å²) in [6, 6.07) is 1.97. The van der Waals surface area contributed by atoms with Crippen LogP contribution in [0.1, 0.15) is 12.6 Å². The first-order valence-electron chi connectivity index (χ1n) is 8.17. The number of nitrogens with one attached hydrogen (secondary N) is 1. The van der Waals surface area contributed by atoms with Gasteiger partial charge >= 0.3 is 15.4 Å². The van der Waals surface area contributed by atoms with Crippen molar-refractivity contribution < 1.29 is 23.0 Å². The van der Waals surface area contributed by atoms with Crippen LogP contribution in [0.3, 0.4) is 0 Å². The van der Waals surface area contributed by atoms with Crippen molar-refractivity contribution in [3.05, 3.63) is 23.0 Å². The molecular weight excluding hydrogens is 376 g/mol. The minimum absolute atomic E-state index is 0.110. The second kappa shape index (κ2) is 7.28. The first kappa shape index (κ1) is 18.5. The fourth-order valence-electron chi connectivity index (χ4n) is 3.16. The van der Waals surface area contributed by atoms with Crippen LogP contribution in [0, 0.1) is 11.3 Å². The van der Waals surface area contributed by atoms with Gasteiger partial charge in [0.2, 0.25) is 0 Å². The van der Waals surface area contributed by atoms with Crippen LogP contribution in [-0.4, -0.2) is 65.7 Å². The maximum Gasteiger partial charge on any atom is 0.488 e. The number of methoxy groups -OCH3 is 1. The molecule has 0 spiro atoms. The number of H-pyrrole nitrogens is 1. The molecule has 1 unspecified atom stereocenters. The van der Waals surface area contributed by atoms with Crippen molar-refractivity contribution >= 4 is 26.6 Å². The largest absolute Gasteiger partial charge is 0.488 e. The van der Waals surface area contributed by atoms with E-state index in [0.29, 0.717) is 5.65 Å². The summed E-state index contributed by atoms with van der Waals surface area (Å²) in [7, 11) is 4.54. The van der Waals surface area contributed by atoms with E-state index in [1.807, 2.05) is 6.07 Å². The summed E-state index contributed by atoms with van der Waals surface area (Å²) >= 11 is 0. The maximum absolute atomic E-state index is 11.9. The minimum atomic E-state index is -3.08. The SMILES string of the molecule is [B][P+]1(OCCC#N)OC[C@H]2O[C@@H](n3cnc4c(=O)[nH]cnc43)[C@H](OC)[C@@H]2O1. The van der Waals surface area contributed by atoms with Gasteiger partial charge in [-0.3, -0.25) is 9.36 Å². The topological polar surface area (TPSA) is 134 Å². The summed E-state index contributed by atoms with van der Waals surface area (Å²) in [6.07, 6.45) is 0.748. The highest BCUT2D eigenvalue weighted by Crippen LogP contribution is 2.63. The van der Waals surface area contributed by atoms with Crippen molar-refractivity contribution in [1.82, 2.24) is 19.5 Å². The van der Waals surface area contributed by atoms with Crippen molar-refractivity contribution in [3.8, 4) is 6.07 Å². The smallest absolute Gasteiger partial charge is 0.374 e. The van der Waals surface area contributed by atoms with Gasteiger partial charge in [-0.15, -0.1) is 0 Å². The van der Waals surface area contributed by atoms with Crippen LogP contribution >= 0.6 is 7.82 Å². The van der Waals surface area contributed by atoms with Crippen molar-refractivity contribution in [2.24, 2.45) is 0 Å². The van der Waals surface area contributed by atoms with Gasteiger partial charge in [0.1, 0.15) is 25.4 Å². The molecule has 2 aliphatic heterocycles. The molecule has 13 heteroatoms. The number of aromatic amines is 1. The van der Waals surface area contributed by atoms with Crippen LogP contribution in [0.15, 0.2) is 17.4 Å². The average Bonchev–Trinajstić information content (AvgIpc) is 3.23. The average molecular weight is 392 g/mol. The minimum Gasteiger partial charge on any atom is -0.374 e. The molecule has 2 fully saturated rings. The Bertz CT molecular complexity index is 933. The number of aromatic nitrogens is 4. The zero-order valence-corrected chi connectivity index (χ0v) is 15.2. The van der Waals surface area contributed by atoms with Crippen molar-refractivity contribution in [2.75, 3.05) is 20.3 Å². The molecule has 4 rings (SSSR count). The van der Waals surface area contributed by atoms with Crippen LogP contribution in [0.25, 0.3) is 11.2 Å². The van der Waals surface area contributed by atoms with E-state index < -0.39 is 32.4 Å². The molecule has 0 amide bonds. The van der Waals surface area contributed by atoms with Crippen LogP contribution in [-0.2, 0) is 23.0 Å². The molecular formula is C14H16BN5O6P+. The summed E-state index contributed by atoms with van der Waals surface area (Å²) in [5.41, 5.74) is 0.216. The monoisotopic (exact) mass is 392 g/mol. The lowest BCUT2D eigenvalue weighted by Gasteiger charge is -2.31. The Labute approximate surface area is 155 Å². The molecule has 2 aliphatic rings. The third-order valence-corrected chi connectivity index (χ3v) is 5.96. The van der Waals surface area contributed by atoms with Crippen LogP contribution < -0.4 is 5.56 Å². The quantitative estimate of drug-likeness (QED) is 0.431. The van der Waals surface area contributed by atoms with Gasteiger partial charge in [0.05, 0.1) is 25.1 Å². The lowest BCUT2D eigenvalue weighted by atomic mass is 10.1. The molecule has 0 bridgehead atoms. The summed E-state index contributed by atoms with van der Waals surface area (Å²) in [5, 5.41) is 8.64. The number of hydrogen-bond donors (Lipinski definition) is 1. The van der Waals surface area contributed by atoms with Crippen molar-refractivity contribution in [2.45, 2.75) is 31.0 Å². The molecule has 4 heterocycles. The summed E-state index contributed by atoms with van der Waals surface area (Å²) in [4.78, 5) is 22.6. The third kappa shape index (κ3) is 3.27. The Morgan fingerprint density at radius 2 is 2.41 bits per heavy atom. The van der Waals surface area contributed by atoms with Gasteiger partial charge in [-0.25, -0.2) is 9.97 Å². The molecule has 0 saturated carbocycles. The number of ether oxygens (including phenoxy) is 2. The molecule has 2 aromatic heterocycles. The fourth-order valence-corrected chi connectivity index (χ4v) is 4.65. The second-order valence-corrected chi connectivity index (χ2v) is 7.77. The Morgan fingerprint density at radius 3 is 3.19 bits per heavy atom. The highest BCUT2D eigenvalue weighted by Gasteiger charge is 2.59.